The Labute approximate surface area is 221 Å². The number of aryl methyl sites for hydroxylation is 1. The number of hydrogen-bond donors (Lipinski definition) is 1. The van der Waals surface area contributed by atoms with Crippen LogP contribution >= 0.6 is 0 Å². The van der Waals surface area contributed by atoms with E-state index in [0.29, 0.717) is 79.9 Å². The van der Waals surface area contributed by atoms with Crippen LogP contribution in [0.5, 0.6) is 0 Å². The van der Waals surface area contributed by atoms with Gasteiger partial charge in [-0.2, -0.15) is 5.26 Å². The van der Waals surface area contributed by atoms with Crippen molar-refractivity contribution in [1.82, 2.24) is 14.9 Å². The Kier molecular flexibility index (Phi) is 8.66. The highest BCUT2D eigenvalue weighted by molar-refractivity contribution is 6.01. The van der Waals surface area contributed by atoms with E-state index in [1.165, 1.54) is 23.1 Å². The lowest BCUT2D eigenvalue weighted by Crippen LogP contribution is -2.40. The predicted octanol–water partition coefficient (Wildman–Crippen LogP) is 2.58. The van der Waals surface area contributed by atoms with Gasteiger partial charge in [0.1, 0.15) is 30.0 Å². The quantitative estimate of drug-likeness (QED) is 0.524. The highest BCUT2D eigenvalue weighted by Crippen LogP contribution is 2.29. The van der Waals surface area contributed by atoms with Crippen molar-refractivity contribution in [3.8, 4) is 6.07 Å². The molecule has 3 amide bonds. The van der Waals surface area contributed by atoms with Crippen LogP contribution in [0.2, 0.25) is 0 Å². The number of pyridine rings is 2. The van der Waals surface area contributed by atoms with Crippen LogP contribution in [0.1, 0.15) is 46.1 Å². The van der Waals surface area contributed by atoms with Gasteiger partial charge in [-0.3, -0.25) is 19.8 Å². The lowest BCUT2D eigenvalue weighted by molar-refractivity contribution is -0.134. The van der Waals surface area contributed by atoms with Crippen LogP contribution < -0.4 is 10.2 Å². The Morgan fingerprint density at radius 3 is 2.84 bits per heavy atom. The lowest BCUT2D eigenvalue weighted by atomic mass is 9.90. The molecule has 0 radical (unpaired) electrons. The molecule has 200 valence electrons. The maximum atomic E-state index is 13.3. The number of likely N-dealkylation sites (N-methyl/N-ethyl adjacent to an activating group) is 1. The summed E-state index contributed by atoms with van der Waals surface area (Å²) in [5.74, 6) is 1.22. The second kappa shape index (κ2) is 12.1. The van der Waals surface area contributed by atoms with Gasteiger partial charge in [-0.15, -0.1) is 0 Å². The fraction of sp³-hybridized carbons (Fsp3) is 0.481. The minimum absolute atomic E-state index is 0.0577. The third kappa shape index (κ3) is 5.98. The Morgan fingerprint density at radius 2 is 2.16 bits per heavy atom. The van der Waals surface area contributed by atoms with Gasteiger partial charge in [0.2, 0.25) is 5.91 Å². The van der Waals surface area contributed by atoms with Gasteiger partial charge >= 0.3 is 6.03 Å². The number of amides is 3. The molecule has 4 heterocycles. The first-order valence-electron chi connectivity index (χ1n) is 12.6. The number of aromatic nitrogens is 2. The van der Waals surface area contributed by atoms with E-state index in [1.807, 2.05) is 6.07 Å². The molecule has 2 atom stereocenters. The lowest BCUT2D eigenvalue weighted by Gasteiger charge is -2.29. The number of nitrogens with one attached hydrogen (secondary N) is 1. The van der Waals surface area contributed by atoms with Crippen molar-refractivity contribution in [3.63, 3.8) is 0 Å². The van der Waals surface area contributed by atoms with Gasteiger partial charge in [0, 0.05) is 45.6 Å². The first-order chi connectivity index (χ1) is 18.3. The molecule has 11 nitrogen and oxygen atoms in total. The number of carbonyl (C=O) groups is 3. The molecule has 1 saturated heterocycles. The van der Waals surface area contributed by atoms with E-state index >= 15 is 0 Å². The fourth-order valence-electron chi connectivity index (χ4n) is 4.82. The van der Waals surface area contributed by atoms with Gasteiger partial charge in [0.05, 0.1) is 12.2 Å². The molecule has 11 heteroatoms. The van der Waals surface area contributed by atoms with Crippen LogP contribution in [0.3, 0.4) is 0 Å². The number of aldehydes is 1. The van der Waals surface area contributed by atoms with Gasteiger partial charge < -0.3 is 14.4 Å². The monoisotopic (exact) mass is 520 g/mol. The summed E-state index contributed by atoms with van der Waals surface area (Å²) < 4.78 is 10.5. The fourth-order valence-corrected chi connectivity index (χ4v) is 4.82. The first-order valence-corrected chi connectivity index (χ1v) is 12.6. The molecule has 0 bridgehead atoms. The Bertz CT molecular complexity index is 1260. The third-order valence-corrected chi connectivity index (χ3v) is 7.08. The average Bonchev–Trinajstić information content (AvgIpc) is 3.32. The van der Waals surface area contributed by atoms with Crippen LogP contribution in [-0.2, 0) is 33.7 Å². The number of carbonyl (C=O) groups excluding carboxylic acids is 3. The van der Waals surface area contributed by atoms with Crippen LogP contribution in [0.4, 0.5) is 16.4 Å². The number of rotatable bonds is 8. The highest BCUT2D eigenvalue weighted by atomic mass is 16.5. The van der Waals surface area contributed by atoms with Gasteiger partial charge in [-0.1, -0.05) is 6.92 Å². The molecule has 4 rings (SSSR count). The smallest absolute Gasteiger partial charge is 0.328 e. The van der Waals surface area contributed by atoms with Crippen molar-refractivity contribution in [3.05, 3.63) is 46.3 Å². The van der Waals surface area contributed by atoms with E-state index in [2.05, 4.69) is 28.3 Å². The first kappa shape index (κ1) is 27.2. The zero-order chi connectivity index (χ0) is 27.2. The maximum absolute atomic E-state index is 13.3. The van der Waals surface area contributed by atoms with Gasteiger partial charge in [0.15, 0.2) is 6.29 Å². The van der Waals surface area contributed by atoms with Crippen molar-refractivity contribution >= 4 is 29.9 Å². The Morgan fingerprint density at radius 1 is 1.34 bits per heavy atom. The summed E-state index contributed by atoms with van der Waals surface area (Å²) in [7, 11) is 3.08. The molecular formula is C27H32N6O5. The molecule has 0 saturated carbocycles. The van der Waals surface area contributed by atoms with E-state index in [-0.39, 0.29) is 24.8 Å². The number of methoxy groups -OCH3 is 1. The normalized spacial score (nSPS) is 18.4. The second-order valence-corrected chi connectivity index (χ2v) is 9.82. The van der Waals surface area contributed by atoms with E-state index < -0.39 is 6.03 Å². The minimum Gasteiger partial charge on any atom is -0.381 e. The van der Waals surface area contributed by atoms with Crippen molar-refractivity contribution in [2.24, 2.45) is 11.8 Å². The van der Waals surface area contributed by atoms with Crippen LogP contribution in [-0.4, -0.2) is 73.6 Å². The second-order valence-electron chi connectivity index (χ2n) is 9.82. The molecule has 1 N–H and O–H groups in total. The Balaban J connectivity index is 1.54. The van der Waals surface area contributed by atoms with Gasteiger partial charge in [-0.25, -0.2) is 14.8 Å². The van der Waals surface area contributed by atoms with Crippen molar-refractivity contribution in [2.75, 3.05) is 50.7 Å². The molecule has 38 heavy (non-hydrogen) atoms. The number of urea groups is 1. The minimum atomic E-state index is -0.420. The highest BCUT2D eigenvalue weighted by Gasteiger charge is 2.28. The van der Waals surface area contributed by atoms with Gasteiger partial charge in [-0.05, 0) is 54.4 Å². The van der Waals surface area contributed by atoms with Crippen molar-refractivity contribution < 1.29 is 23.9 Å². The van der Waals surface area contributed by atoms with E-state index in [9.17, 15) is 19.6 Å². The average molecular weight is 521 g/mol. The van der Waals surface area contributed by atoms with Crippen LogP contribution in [0.25, 0.3) is 0 Å². The topological polar surface area (TPSA) is 138 Å². The standard InChI is InChI=1S/C27H32N6O5/c1-17-14-38-15-21(17)8-19-9-24(29-11-22(19)10-28)31-27(36)33-6-4-5-18-7-20(23(13-34)30-26(18)33)12-32(2)25(35)16-37-3/h7,9,11,13,17,21H,4-6,8,12,14-16H2,1-3H3,(H,29,31,36)/t17-,21?/m1/s1. The summed E-state index contributed by atoms with van der Waals surface area (Å²) in [6.45, 7) is 4.04. The molecule has 2 aromatic heterocycles. The molecular weight excluding hydrogens is 488 g/mol. The summed E-state index contributed by atoms with van der Waals surface area (Å²) in [6.07, 6.45) is 4.18. The third-order valence-electron chi connectivity index (χ3n) is 7.08. The molecule has 1 unspecified atom stereocenters. The zero-order valence-corrected chi connectivity index (χ0v) is 21.9. The van der Waals surface area contributed by atoms with Crippen molar-refractivity contribution in [1.29, 1.82) is 5.26 Å². The Hall–Kier alpha value is -3.88. The number of nitrogens with zero attached hydrogens (tertiary/aromatic N) is 5. The van der Waals surface area contributed by atoms with Gasteiger partial charge in [0.25, 0.3) is 0 Å². The molecule has 1 fully saturated rings. The van der Waals surface area contributed by atoms with Crippen molar-refractivity contribution in [2.45, 2.75) is 32.7 Å². The summed E-state index contributed by atoms with van der Waals surface area (Å²) in [4.78, 5) is 49.1. The summed E-state index contributed by atoms with van der Waals surface area (Å²) in [6, 6.07) is 5.35. The van der Waals surface area contributed by atoms with Crippen LogP contribution in [0.15, 0.2) is 18.3 Å². The van der Waals surface area contributed by atoms with Crippen LogP contribution in [0, 0.1) is 23.2 Å². The molecule has 0 aliphatic carbocycles. The number of hydrogen-bond acceptors (Lipinski definition) is 8. The number of ether oxygens (including phenoxy) is 2. The molecule has 2 aromatic rings. The van der Waals surface area contributed by atoms with E-state index in [0.717, 1.165) is 11.1 Å². The molecule has 2 aliphatic rings. The van der Waals surface area contributed by atoms with E-state index in [4.69, 9.17) is 9.47 Å². The summed E-state index contributed by atoms with van der Waals surface area (Å²) >= 11 is 0. The predicted molar refractivity (Wildman–Crippen MR) is 139 cm³/mol. The molecule has 2 aliphatic heterocycles. The SMILES string of the molecule is COCC(=O)N(C)Cc1cc2c(nc1C=O)N(C(=O)Nc1cc(CC3COC[C@H]3C)c(C#N)cn1)CCC2. The number of anilines is 2. The molecule has 0 spiro atoms. The summed E-state index contributed by atoms with van der Waals surface area (Å²) in [5, 5.41) is 12.4. The molecule has 0 aromatic carbocycles. The zero-order valence-electron chi connectivity index (χ0n) is 21.9. The largest absolute Gasteiger partial charge is 0.381 e. The van der Waals surface area contributed by atoms with E-state index in [1.54, 1.807) is 13.1 Å². The number of fused-ring (bicyclic) bond motifs is 1. The summed E-state index contributed by atoms with van der Waals surface area (Å²) in [5.41, 5.74) is 2.90. The maximum Gasteiger partial charge on any atom is 0.328 e. The number of nitriles is 1.